The predicted octanol–water partition coefficient (Wildman–Crippen LogP) is 0.625. The molecule has 54 valence electrons. The van der Waals surface area contributed by atoms with E-state index in [0.717, 1.165) is 13.0 Å². The molecule has 1 fully saturated rings. The Bertz CT molecular complexity index is 85.0. The van der Waals surface area contributed by atoms with Gasteiger partial charge in [-0.05, 0) is 19.4 Å². The van der Waals surface area contributed by atoms with Gasteiger partial charge in [0.15, 0.2) is 0 Å². The maximum absolute atomic E-state index is 8.78. The SMILES string of the molecule is [CH2-]N1CCCCC1CO. The molecule has 1 heterocycles. The number of likely N-dealkylation sites (tertiary alicyclic amines) is 1. The van der Waals surface area contributed by atoms with Gasteiger partial charge in [-0.3, -0.25) is 7.05 Å². The van der Waals surface area contributed by atoms with Gasteiger partial charge in [0, 0.05) is 6.04 Å². The molecule has 1 atom stereocenters. The van der Waals surface area contributed by atoms with Crippen LogP contribution < -0.4 is 0 Å². The van der Waals surface area contributed by atoms with E-state index in [-0.39, 0.29) is 6.61 Å². The summed E-state index contributed by atoms with van der Waals surface area (Å²) in [7, 11) is 3.82. The molecular formula is C7H14NO-. The molecule has 0 aromatic heterocycles. The molecule has 1 N–H and O–H groups in total. The molecule has 1 saturated heterocycles. The highest BCUT2D eigenvalue weighted by molar-refractivity contribution is 4.74. The summed E-state index contributed by atoms with van der Waals surface area (Å²) in [6.45, 7) is 1.31. The topological polar surface area (TPSA) is 23.5 Å². The highest BCUT2D eigenvalue weighted by atomic mass is 16.3. The lowest BCUT2D eigenvalue weighted by Crippen LogP contribution is -2.37. The van der Waals surface area contributed by atoms with Crippen molar-refractivity contribution in [1.82, 2.24) is 4.90 Å². The number of hydrogen-bond acceptors (Lipinski definition) is 2. The lowest BCUT2D eigenvalue weighted by atomic mass is 10.0. The van der Waals surface area contributed by atoms with Crippen LogP contribution in [0.1, 0.15) is 19.3 Å². The molecule has 0 amide bonds. The predicted molar refractivity (Wildman–Crippen MR) is 36.8 cm³/mol. The lowest BCUT2D eigenvalue weighted by Gasteiger charge is -2.37. The number of piperidine rings is 1. The zero-order valence-corrected chi connectivity index (χ0v) is 5.71. The van der Waals surface area contributed by atoms with Gasteiger partial charge in [-0.25, -0.2) is 0 Å². The van der Waals surface area contributed by atoms with Crippen LogP contribution in [-0.4, -0.2) is 29.2 Å². The van der Waals surface area contributed by atoms with Gasteiger partial charge < -0.3 is 10.0 Å². The van der Waals surface area contributed by atoms with Gasteiger partial charge >= 0.3 is 0 Å². The fourth-order valence-electron chi connectivity index (χ4n) is 1.27. The number of hydrogen-bond donors (Lipinski definition) is 1. The maximum atomic E-state index is 8.78. The van der Waals surface area contributed by atoms with E-state index in [2.05, 4.69) is 7.05 Å². The molecule has 0 saturated carbocycles. The molecule has 0 aliphatic carbocycles. The molecule has 1 unspecified atom stereocenters. The molecule has 0 radical (unpaired) electrons. The van der Waals surface area contributed by atoms with Gasteiger partial charge in [-0.1, -0.05) is 6.42 Å². The minimum atomic E-state index is 0.267. The average Bonchev–Trinajstić information content (AvgIpc) is 1.89. The second-order valence-corrected chi connectivity index (χ2v) is 2.64. The number of aliphatic hydroxyl groups is 1. The van der Waals surface area contributed by atoms with Crippen LogP contribution >= 0.6 is 0 Å². The van der Waals surface area contributed by atoms with Crippen LogP contribution in [0.2, 0.25) is 0 Å². The monoisotopic (exact) mass is 128 g/mol. The number of nitrogens with zero attached hydrogens (tertiary/aromatic N) is 1. The molecule has 1 rings (SSSR count). The molecule has 0 spiro atoms. The Labute approximate surface area is 56.5 Å². The first-order chi connectivity index (χ1) is 4.34. The van der Waals surface area contributed by atoms with E-state index < -0.39 is 0 Å². The summed E-state index contributed by atoms with van der Waals surface area (Å²) in [6.07, 6.45) is 3.59. The summed E-state index contributed by atoms with van der Waals surface area (Å²) in [5, 5.41) is 8.78. The first-order valence-electron chi connectivity index (χ1n) is 3.52. The van der Waals surface area contributed by atoms with Crippen molar-refractivity contribution < 1.29 is 5.11 Å². The van der Waals surface area contributed by atoms with E-state index >= 15 is 0 Å². The largest absolute Gasteiger partial charge is 0.455 e. The molecule has 0 aromatic carbocycles. The smallest absolute Gasteiger partial charge is 0.0563 e. The molecule has 1 aliphatic heterocycles. The van der Waals surface area contributed by atoms with Crippen molar-refractivity contribution in [2.45, 2.75) is 25.3 Å². The molecule has 2 heteroatoms. The van der Waals surface area contributed by atoms with Gasteiger partial charge in [0.1, 0.15) is 0 Å². The number of rotatable bonds is 1. The summed E-state index contributed by atoms with van der Waals surface area (Å²) >= 11 is 0. The van der Waals surface area contributed by atoms with Gasteiger partial charge in [-0.15, -0.1) is 0 Å². The first-order valence-corrected chi connectivity index (χ1v) is 3.52. The van der Waals surface area contributed by atoms with Crippen LogP contribution in [0.15, 0.2) is 0 Å². The molecule has 0 bridgehead atoms. The maximum Gasteiger partial charge on any atom is 0.0563 e. The Morgan fingerprint density at radius 1 is 1.56 bits per heavy atom. The third kappa shape index (κ3) is 1.66. The van der Waals surface area contributed by atoms with Crippen molar-refractivity contribution in [1.29, 1.82) is 0 Å². The van der Waals surface area contributed by atoms with Crippen LogP contribution in [0.5, 0.6) is 0 Å². The molecule has 2 nitrogen and oxygen atoms in total. The summed E-state index contributed by atoms with van der Waals surface area (Å²) in [5.74, 6) is 0. The quantitative estimate of drug-likeness (QED) is 0.523. The van der Waals surface area contributed by atoms with E-state index in [9.17, 15) is 0 Å². The van der Waals surface area contributed by atoms with Gasteiger partial charge in [0.05, 0.1) is 6.61 Å². The van der Waals surface area contributed by atoms with Crippen molar-refractivity contribution in [3.63, 3.8) is 0 Å². The minimum absolute atomic E-state index is 0.267. The van der Waals surface area contributed by atoms with Gasteiger partial charge in [0.25, 0.3) is 0 Å². The Morgan fingerprint density at radius 3 is 2.78 bits per heavy atom. The highest BCUT2D eigenvalue weighted by Crippen LogP contribution is 2.14. The van der Waals surface area contributed by atoms with Crippen LogP contribution in [0, 0.1) is 7.05 Å². The zero-order chi connectivity index (χ0) is 6.69. The third-order valence-electron chi connectivity index (χ3n) is 1.96. The Balaban J connectivity index is 2.30. The van der Waals surface area contributed by atoms with Crippen LogP contribution in [0.3, 0.4) is 0 Å². The minimum Gasteiger partial charge on any atom is -0.455 e. The van der Waals surface area contributed by atoms with E-state index in [0.29, 0.717) is 6.04 Å². The van der Waals surface area contributed by atoms with E-state index in [1.54, 1.807) is 0 Å². The van der Waals surface area contributed by atoms with Crippen molar-refractivity contribution in [2.75, 3.05) is 13.2 Å². The van der Waals surface area contributed by atoms with Crippen molar-refractivity contribution >= 4 is 0 Å². The Morgan fingerprint density at radius 2 is 2.33 bits per heavy atom. The van der Waals surface area contributed by atoms with Gasteiger partial charge in [0.2, 0.25) is 0 Å². The van der Waals surface area contributed by atoms with E-state index in [4.69, 9.17) is 5.11 Å². The highest BCUT2D eigenvalue weighted by Gasteiger charge is 2.12. The van der Waals surface area contributed by atoms with Crippen LogP contribution in [0.25, 0.3) is 0 Å². The fraction of sp³-hybridized carbons (Fsp3) is 0.857. The summed E-state index contributed by atoms with van der Waals surface area (Å²) in [6, 6.07) is 0.332. The van der Waals surface area contributed by atoms with E-state index in [1.807, 2.05) is 4.90 Å². The van der Waals surface area contributed by atoms with Crippen LogP contribution in [0.4, 0.5) is 0 Å². The standard InChI is InChI=1S/C7H14NO/c1-8-5-3-2-4-7(8)6-9/h7,9H,1-6H2/q-1. The second kappa shape index (κ2) is 3.18. The Kier molecular flexibility index (Phi) is 2.49. The fourth-order valence-corrected chi connectivity index (χ4v) is 1.27. The number of aliphatic hydroxyl groups excluding tert-OH is 1. The summed E-state index contributed by atoms with van der Waals surface area (Å²) in [5.41, 5.74) is 0. The zero-order valence-electron chi connectivity index (χ0n) is 5.71. The van der Waals surface area contributed by atoms with Gasteiger partial charge in [-0.2, -0.15) is 0 Å². The van der Waals surface area contributed by atoms with Crippen molar-refractivity contribution in [3.05, 3.63) is 7.05 Å². The molecular weight excluding hydrogens is 114 g/mol. The van der Waals surface area contributed by atoms with Crippen molar-refractivity contribution in [2.24, 2.45) is 0 Å². The van der Waals surface area contributed by atoms with E-state index in [1.165, 1.54) is 12.8 Å². The average molecular weight is 128 g/mol. The molecule has 9 heavy (non-hydrogen) atoms. The summed E-state index contributed by atoms with van der Waals surface area (Å²) < 4.78 is 0. The Hall–Kier alpha value is -0.0800. The summed E-state index contributed by atoms with van der Waals surface area (Å²) in [4.78, 5) is 1.99. The third-order valence-corrected chi connectivity index (χ3v) is 1.96. The van der Waals surface area contributed by atoms with Crippen molar-refractivity contribution in [3.8, 4) is 0 Å². The second-order valence-electron chi connectivity index (χ2n) is 2.64. The first kappa shape index (κ1) is 7.03. The lowest BCUT2D eigenvalue weighted by molar-refractivity contribution is 0.128. The van der Waals surface area contributed by atoms with Crippen LogP contribution in [-0.2, 0) is 0 Å². The normalized spacial score (nSPS) is 30.7. The molecule has 1 aliphatic rings. The molecule has 0 aromatic rings.